The second kappa shape index (κ2) is 8.42. The average molecular weight is 438 g/mol. The fourth-order valence-electron chi connectivity index (χ4n) is 3.18. The van der Waals surface area contributed by atoms with E-state index < -0.39 is 0 Å². The zero-order valence-corrected chi connectivity index (χ0v) is 18.1. The predicted molar refractivity (Wildman–Crippen MR) is 123 cm³/mol. The molecule has 1 amide bonds. The minimum atomic E-state index is -0.252. The lowest BCUT2D eigenvalue weighted by Crippen LogP contribution is -2.27. The van der Waals surface area contributed by atoms with Crippen molar-refractivity contribution < 1.29 is 4.79 Å². The minimum absolute atomic E-state index is 0.0240. The molecule has 5 nitrogen and oxygen atoms in total. The number of H-pyrrole nitrogens is 1. The number of fused-ring (bicyclic) bond motifs is 1. The van der Waals surface area contributed by atoms with E-state index >= 15 is 0 Å². The molecular weight excluding hydrogens is 418 g/mol. The quantitative estimate of drug-likeness (QED) is 0.448. The Labute approximate surface area is 182 Å². The van der Waals surface area contributed by atoms with Gasteiger partial charge < -0.3 is 10.3 Å². The molecule has 0 atom stereocenters. The Hall–Kier alpha value is -2.96. The van der Waals surface area contributed by atoms with Crippen LogP contribution in [0.25, 0.3) is 32.7 Å². The van der Waals surface area contributed by atoms with Crippen molar-refractivity contribution in [2.24, 2.45) is 5.92 Å². The molecule has 0 radical (unpaired) electrons. The maximum atomic E-state index is 12.4. The number of thiophene rings is 1. The zero-order chi connectivity index (χ0) is 21.3. The Balaban J connectivity index is 1.74. The van der Waals surface area contributed by atoms with Crippen molar-refractivity contribution in [3.63, 3.8) is 0 Å². The van der Waals surface area contributed by atoms with E-state index in [1.807, 2.05) is 55.6 Å². The maximum Gasteiger partial charge on any atom is 0.251 e. The summed E-state index contributed by atoms with van der Waals surface area (Å²) >= 11 is 8.04. The average Bonchev–Trinajstić information content (AvgIpc) is 3.21. The smallest absolute Gasteiger partial charge is 0.251 e. The highest BCUT2D eigenvalue weighted by Gasteiger charge is 2.13. The van der Waals surface area contributed by atoms with Gasteiger partial charge in [0.05, 0.1) is 10.7 Å². The molecule has 4 aromatic rings. The van der Waals surface area contributed by atoms with Gasteiger partial charge in [-0.25, -0.2) is 4.98 Å². The summed E-state index contributed by atoms with van der Waals surface area (Å²) in [6, 6.07) is 14.9. The standard InChI is InChI=1S/C23H20ClN3O2S/c1-13(2)23(29)25-12-14-6-7-18(24)17(10-14)22-26-19(11-20(28)27-22)16-5-3-4-15-8-9-30-21(15)16/h3-11,13H,12H2,1-2H3,(H,25,29)(H,26,27,28). The molecule has 30 heavy (non-hydrogen) atoms. The van der Waals surface area contributed by atoms with Crippen LogP contribution in [0.2, 0.25) is 5.02 Å². The van der Waals surface area contributed by atoms with Gasteiger partial charge in [-0.1, -0.05) is 49.7 Å². The summed E-state index contributed by atoms with van der Waals surface area (Å²) < 4.78 is 1.08. The van der Waals surface area contributed by atoms with Crippen LogP contribution in [0.5, 0.6) is 0 Å². The van der Waals surface area contributed by atoms with Crippen LogP contribution in [0.15, 0.2) is 58.7 Å². The molecule has 2 aromatic heterocycles. The summed E-state index contributed by atoms with van der Waals surface area (Å²) in [5.74, 6) is 0.281. The first-order valence-electron chi connectivity index (χ1n) is 9.57. The van der Waals surface area contributed by atoms with Crippen LogP contribution in [-0.4, -0.2) is 15.9 Å². The van der Waals surface area contributed by atoms with Crippen LogP contribution in [-0.2, 0) is 11.3 Å². The SMILES string of the molecule is CC(C)C(=O)NCc1ccc(Cl)c(-c2nc(-c3cccc4ccsc34)cc(=O)[nH]2)c1. The number of hydrogen-bond donors (Lipinski definition) is 2. The summed E-state index contributed by atoms with van der Waals surface area (Å²) in [6.45, 7) is 4.06. The highest BCUT2D eigenvalue weighted by molar-refractivity contribution is 7.17. The second-order valence-electron chi connectivity index (χ2n) is 7.31. The van der Waals surface area contributed by atoms with E-state index in [0.29, 0.717) is 28.6 Å². The predicted octanol–water partition coefficient (Wildman–Crippen LogP) is 5.24. The molecule has 2 aromatic carbocycles. The first-order valence-corrected chi connectivity index (χ1v) is 10.8. The van der Waals surface area contributed by atoms with E-state index in [2.05, 4.69) is 10.3 Å². The largest absolute Gasteiger partial charge is 0.352 e. The molecular formula is C23H20ClN3O2S. The molecule has 0 bridgehead atoms. The fraction of sp³-hybridized carbons (Fsp3) is 0.174. The van der Waals surface area contributed by atoms with Crippen molar-refractivity contribution in [1.29, 1.82) is 0 Å². The summed E-state index contributed by atoms with van der Waals surface area (Å²) in [6.07, 6.45) is 0. The van der Waals surface area contributed by atoms with Gasteiger partial charge in [-0.3, -0.25) is 9.59 Å². The molecule has 4 rings (SSSR count). The number of hydrogen-bond acceptors (Lipinski definition) is 4. The molecule has 0 aliphatic carbocycles. The molecule has 7 heteroatoms. The van der Waals surface area contributed by atoms with Crippen LogP contribution < -0.4 is 10.9 Å². The van der Waals surface area contributed by atoms with Crippen molar-refractivity contribution in [2.75, 3.05) is 0 Å². The van der Waals surface area contributed by atoms with E-state index in [4.69, 9.17) is 16.6 Å². The summed E-state index contributed by atoms with van der Waals surface area (Å²) in [5, 5.41) is 6.50. The molecule has 0 saturated carbocycles. The molecule has 0 aliphatic heterocycles. The Bertz CT molecular complexity index is 1290. The molecule has 0 aliphatic rings. The number of carbonyl (C=O) groups is 1. The first kappa shape index (κ1) is 20.3. The van der Waals surface area contributed by atoms with Crippen molar-refractivity contribution in [3.05, 3.63) is 74.9 Å². The van der Waals surface area contributed by atoms with Crippen LogP contribution in [0.3, 0.4) is 0 Å². The topological polar surface area (TPSA) is 74.8 Å². The number of halogens is 1. The van der Waals surface area contributed by atoms with Gasteiger partial charge in [0.1, 0.15) is 5.82 Å². The number of nitrogens with zero attached hydrogens (tertiary/aromatic N) is 1. The molecule has 0 fully saturated rings. The van der Waals surface area contributed by atoms with Crippen molar-refractivity contribution in [1.82, 2.24) is 15.3 Å². The third-order valence-electron chi connectivity index (χ3n) is 4.77. The third-order valence-corrected chi connectivity index (χ3v) is 6.07. The lowest BCUT2D eigenvalue weighted by Gasteiger charge is -2.11. The molecule has 0 spiro atoms. The van der Waals surface area contributed by atoms with Gasteiger partial charge in [0.25, 0.3) is 5.56 Å². The summed E-state index contributed by atoms with van der Waals surface area (Å²) in [5.41, 5.74) is 2.74. The molecule has 0 unspecified atom stereocenters. The van der Waals surface area contributed by atoms with E-state index in [1.54, 1.807) is 17.4 Å². The van der Waals surface area contributed by atoms with Crippen molar-refractivity contribution in [2.45, 2.75) is 20.4 Å². The third kappa shape index (κ3) is 4.15. The van der Waals surface area contributed by atoms with E-state index in [9.17, 15) is 9.59 Å². The van der Waals surface area contributed by atoms with Gasteiger partial charge in [-0.05, 0) is 34.5 Å². The summed E-state index contributed by atoms with van der Waals surface area (Å²) in [4.78, 5) is 31.8. The monoisotopic (exact) mass is 437 g/mol. The van der Waals surface area contributed by atoms with Crippen molar-refractivity contribution >= 4 is 38.9 Å². The van der Waals surface area contributed by atoms with Gasteiger partial charge in [-0.15, -0.1) is 11.3 Å². The van der Waals surface area contributed by atoms with Crippen LogP contribution >= 0.6 is 22.9 Å². The number of benzene rings is 2. The Morgan fingerprint density at radius 3 is 2.80 bits per heavy atom. The van der Waals surface area contributed by atoms with E-state index in [1.165, 1.54) is 6.07 Å². The zero-order valence-electron chi connectivity index (χ0n) is 16.5. The molecule has 2 N–H and O–H groups in total. The number of aromatic amines is 1. The van der Waals surface area contributed by atoms with Gasteiger partial charge in [0.15, 0.2) is 0 Å². The lowest BCUT2D eigenvalue weighted by atomic mass is 10.1. The second-order valence-corrected chi connectivity index (χ2v) is 8.63. The highest BCUT2D eigenvalue weighted by Crippen LogP contribution is 2.32. The lowest BCUT2D eigenvalue weighted by molar-refractivity contribution is -0.124. The minimum Gasteiger partial charge on any atom is -0.352 e. The Kier molecular flexibility index (Phi) is 5.70. The number of aromatic nitrogens is 2. The number of nitrogens with one attached hydrogen (secondary N) is 2. The van der Waals surface area contributed by atoms with Gasteiger partial charge in [0.2, 0.25) is 5.91 Å². The molecule has 152 valence electrons. The molecule has 0 saturated heterocycles. The van der Waals surface area contributed by atoms with Gasteiger partial charge in [-0.2, -0.15) is 0 Å². The van der Waals surface area contributed by atoms with Crippen LogP contribution in [0.4, 0.5) is 0 Å². The Morgan fingerprint density at radius 1 is 1.17 bits per heavy atom. The van der Waals surface area contributed by atoms with Gasteiger partial charge >= 0.3 is 0 Å². The van der Waals surface area contributed by atoms with Crippen molar-refractivity contribution in [3.8, 4) is 22.6 Å². The molecule has 2 heterocycles. The number of carbonyl (C=O) groups excluding carboxylic acids is 1. The van der Waals surface area contributed by atoms with Gasteiger partial charge in [0, 0.05) is 34.4 Å². The highest BCUT2D eigenvalue weighted by atomic mass is 35.5. The van der Waals surface area contributed by atoms with Crippen LogP contribution in [0.1, 0.15) is 19.4 Å². The maximum absolute atomic E-state index is 12.4. The fourth-order valence-corrected chi connectivity index (χ4v) is 4.30. The van der Waals surface area contributed by atoms with Crippen LogP contribution in [0, 0.1) is 5.92 Å². The number of amides is 1. The van der Waals surface area contributed by atoms with E-state index in [-0.39, 0.29) is 17.4 Å². The Morgan fingerprint density at radius 2 is 2.00 bits per heavy atom. The van der Waals surface area contributed by atoms with E-state index in [0.717, 1.165) is 21.2 Å². The summed E-state index contributed by atoms with van der Waals surface area (Å²) in [7, 11) is 0. The normalized spacial score (nSPS) is 11.2. The first-order chi connectivity index (χ1) is 14.4. The number of rotatable bonds is 5.